The van der Waals surface area contributed by atoms with E-state index >= 15 is 0 Å². The van der Waals surface area contributed by atoms with Gasteiger partial charge in [-0.05, 0) is 56.2 Å². The van der Waals surface area contributed by atoms with E-state index in [4.69, 9.17) is 16.3 Å². The molecule has 1 atom stereocenters. The second-order valence-corrected chi connectivity index (χ2v) is 5.85. The van der Waals surface area contributed by atoms with E-state index in [-0.39, 0.29) is 11.6 Å². The molecule has 2 aromatic rings. The van der Waals surface area contributed by atoms with Gasteiger partial charge in [0, 0.05) is 22.8 Å². The van der Waals surface area contributed by atoms with E-state index in [1.54, 1.807) is 32.0 Å². The number of nitro benzene ring substituents is 1. The molecule has 1 N–H and O–H groups in total. The lowest BCUT2D eigenvalue weighted by Crippen LogP contribution is -2.30. The summed E-state index contributed by atoms with van der Waals surface area (Å²) in [6.45, 7) is 5.16. The third kappa shape index (κ3) is 4.23. The van der Waals surface area contributed by atoms with Crippen LogP contribution in [0.4, 0.5) is 11.4 Å². The maximum absolute atomic E-state index is 12.3. The molecule has 0 saturated carbocycles. The van der Waals surface area contributed by atoms with Crippen molar-refractivity contribution in [2.45, 2.75) is 26.9 Å². The van der Waals surface area contributed by atoms with Gasteiger partial charge in [-0.25, -0.2) is 0 Å². The number of carbonyl (C=O) groups excluding carboxylic acids is 1. The molecule has 0 fully saturated rings. The Balaban J connectivity index is 2.07. The molecule has 1 amide bonds. The van der Waals surface area contributed by atoms with Gasteiger partial charge in [0.05, 0.1) is 4.92 Å². The lowest BCUT2D eigenvalue weighted by atomic mass is 10.1. The standard InChI is InChI=1S/C17H17ClN2O4/c1-10-9-14(20(22)23)5-6-15(10)19-17(21)12(3)24-16-7-4-13(18)8-11(16)2/h4-9,12H,1-3H3,(H,19,21)/t12-/m0/s1. The molecular formula is C17H17ClN2O4. The Morgan fingerprint density at radius 3 is 2.50 bits per heavy atom. The van der Waals surface area contributed by atoms with Crippen LogP contribution < -0.4 is 10.1 Å². The number of benzene rings is 2. The molecule has 0 aromatic heterocycles. The number of nitrogens with zero attached hydrogens (tertiary/aromatic N) is 1. The summed E-state index contributed by atoms with van der Waals surface area (Å²) in [4.78, 5) is 22.5. The Hall–Kier alpha value is -2.60. The summed E-state index contributed by atoms with van der Waals surface area (Å²) >= 11 is 5.89. The highest BCUT2D eigenvalue weighted by molar-refractivity contribution is 6.30. The lowest BCUT2D eigenvalue weighted by molar-refractivity contribution is -0.384. The molecule has 7 heteroatoms. The Kier molecular flexibility index (Phi) is 5.41. The number of anilines is 1. The van der Waals surface area contributed by atoms with Crippen molar-refractivity contribution in [2.75, 3.05) is 5.32 Å². The zero-order valence-corrected chi connectivity index (χ0v) is 14.3. The fraction of sp³-hybridized carbons (Fsp3) is 0.235. The van der Waals surface area contributed by atoms with Crippen LogP contribution in [0.3, 0.4) is 0 Å². The van der Waals surface area contributed by atoms with Crippen LogP contribution in [-0.4, -0.2) is 16.9 Å². The third-order valence-corrected chi connectivity index (χ3v) is 3.72. The van der Waals surface area contributed by atoms with E-state index in [0.29, 0.717) is 22.0 Å². The van der Waals surface area contributed by atoms with Gasteiger partial charge < -0.3 is 10.1 Å². The Morgan fingerprint density at radius 1 is 1.21 bits per heavy atom. The number of aryl methyl sites for hydroxylation is 2. The van der Waals surface area contributed by atoms with Crippen LogP contribution in [-0.2, 0) is 4.79 Å². The molecule has 2 aromatic carbocycles. The van der Waals surface area contributed by atoms with E-state index in [1.165, 1.54) is 18.2 Å². The summed E-state index contributed by atoms with van der Waals surface area (Å²) in [5.74, 6) is 0.226. The highest BCUT2D eigenvalue weighted by Gasteiger charge is 2.17. The second kappa shape index (κ2) is 7.31. The van der Waals surface area contributed by atoms with Gasteiger partial charge >= 0.3 is 0 Å². The fourth-order valence-electron chi connectivity index (χ4n) is 2.13. The minimum absolute atomic E-state index is 0.0217. The quantitative estimate of drug-likeness (QED) is 0.646. The van der Waals surface area contributed by atoms with Crippen LogP contribution in [0.2, 0.25) is 5.02 Å². The number of hydrogen-bond acceptors (Lipinski definition) is 4. The van der Waals surface area contributed by atoms with Crippen molar-refractivity contribution in [1.29, 1.82) is 0 Å². The maximum Gasteiger partial charge on any atom is 0.269 e. The fourth-order valence-corrected chi connectivity index (χ4v) is 2.35. The van der Waals surface area contributed by atoms with Crippen molar-refractivity contribution < 1.29 is 14.5 Å². The lowest BCUT2D eigenvalue weighted by Gasteiger charge is -2.17. The predicted octanol–water partition coefficient (Wildman–Crippen LogP) is 4.27. The topological polar surface area (TPSA) is 81.5 Å². The van der Waals surface area contributed by atoms with Crippen LogP contribution in [0.15, 0.2) is 36.4 Å². The molecule has 24 heavy (non-hydrogen) atoms. The summed E-state index contributed by atoms with van der Waals surface area (Å²) in [6, 6.07) is 9.41. The molecule has 0 radical (unpaired) electrons. The molecule has 0 heterocycles. The first-order valence-electron chi connectivity index (χ1n) is 7.26. The number of non-ortho nitro benzene ring substituents is 1. The minimum Gasteiger partial charge on any atom is -0.481 e. The number of rotatable bonds is 5. The summed E-state index contributed by atoms with van der Waals surface area (Å²) in [5.41, 5.74) is 1.92. The van der Waals surface area contributed by atoms with Gasteiger partial charge in [-0.15, -0.1) is 0 Å². The number of nitrogens with one attached hydrogen (secondary N) is 1. The third-order valence-electron chi connectivity index (χ3n) is 3.49. The smallest absolute Gasteiger partial charge is 0.269 e. The number of halogens is 1. The summed E-state index contributed by atoms with van der Waals surface area (Å²) in [6.07, 6.45) is -0.737. The van der Waals surface area contributed by atoms with Gasteiger partial charge in [0.15, 0.2) is 6.10 Å². The number of ether oxygens (including phenoxy) is 1. The highest BCUT2D eigenvalue weighted by atomic mass is 35.5. The summed E-state index contributed by atoms with van der Waals surface area (Å²) in [7, 11) is 0. The summed E-state index contributed by atoms with van der Waals surface area (Å²) < 4.78 is 5.66. The number of amides is 1. The van der Waals surface area contributed by atoms with Gasteiger partial charge in [-0.3, -0.25) is 14.9 Å². The van der Waals surface area contributed by atoms with Crippen LogP contribution in [0.5, 0.6) is 5.75 Å². The summed E-state index contributed by atoms with van der Waals surface area (Å²) in [5, 5.41) is 14.1. The van der Waals surface area contributed by atoms with E-state index in [2.05, 4.69) is 5.32 Å². The molecule has 0 unspecified atom stereocenters. The normalized spacial score (nSPS) is 11.7. The highest BCUT2D eigenvalue weighted by Crippen LogP contribution is 2.24. The molecule has 0 spiro atoms. The van der Waals surface area contributed by atoms with Crippen molar-refractivity contribution in [2.24, 2.45) is 0 Å². The number of carbonyl (C=O) groups is 1. The van der Waals surface area contributed by atoms with Gasteiger partial charge in [-0.2, -0.15) is 0 Å². The molecule has 2 rings (SSSR count). The minimum atomic E-state index is -0.737. The molecule has 6 nitrogen and oxygen atoms in total. The molecule has 0 saturated heterocycles. The van der Waals surface area contributed by atoms with E-state index in [1.807, 2.05) is 6.92 Å². The molecule has 0 aliphatic carbocycles. The van der Waals surface area contributed by atoms with Crippen LogP contribution >= 0.6 is 11.6 Å². The molecule has 126 valence electrons. The Morgan fingerprint density at radius 2 is 1.92 bits per heavy atom. The maximum atomic E-state index is 12.3. The molecule has 0 aliphatic heterocycles. The first kappa shape index (κ1) is 17.7. The van der Waals surface area contributed by atoms with Crippen LogP contribution in [0.1, 0.15) is 18.1 Å². The molecular weight excluding hydrogens is 332 g/mol. The van der Waals surface area contributed by atoms with Crippen molar-refractivity contribution in [3.8, 4) is 5.75 Å². The zero-order chi connectivity index (χ0) is 17.9. The van der Waals surface area contributed by atoms with Gasteiger partial charge in [0.2, 0.25) is 0 Å². The van der Waals surface area contributed by atoms with E-state index < -0.39 is 11.0 Å². The van der Waals surface area contributed by atoms with Gasteiger partial charge in [-0.1, -0.05) is 11.6 Å². The average molecular weight is 349 g/mol. The van der Waals surface area contributed by atoms with Crippen molar-refractivity contribution in [3.63, 3.8) is 0 Å². The van der Waals surface area contributed by atoms with Gasteiger partial charge in [0.1, 0.15) is 5.75 Å². The SMILES string of the molecule is Cc1cc([N+](=O)[O-])ccc1NC(=O)[C@H](C)Oc1ccc(Cl)cc1C. The second-order valence-electron chi connectivity index (χ2n) is 5.42. The van der Waals surface area contributed by atoms with Crippen molar-refractivity contribution in [3.05, 3.63) is 62.7 Å². The first-order chi connectivity index (χ1) is 11.3. The predicted molar refractivity (Wildman–Crippen MR) is 92.7 cm³/mol. The van der Waals surface area contributed by atoms with Crippen LogP contribution in [0.25, 0.3) is 0 Å². The zero-order valence-electron chi connectivity index (χ0n) is 13.5. The average Bonchev–Trinajstić information content (AvgIpc) is 2.51. The number of hydrogen-bond donors (Lipinski definition) is 1. The largest absolute Gasteiger partial charge is 0.481 e. The van der Waals surface area contributed by atoms with E-state index in [9.17, 15) is 14.9 Å². The van der Waals surface area contributed by atoms with Gasteiger partial charge in [0.25, 0.3) is 11.6 Å². The molecule has 0 bridgehead atoms. The van der Waals surface area contributed by atoms with Crippen molar-refractivity contribution >= 4 is 28.9 Å². The Labute approximate surface area is 144 Å². The first-order valence-corrected chi connectivity index (χ1v) is 7.64. The number of nitro groups is 1. The van der Waals surface area contributed by atoms with Crippen molar-refractivity contribution in [1.82, 2.24) is 0 Å². The van der Waals surface area contributed by atoms with E-state index in [0.717, 1.165) is 5.56 Å². The monoisotopic (exact) mass is 348 g/mol. The van der Waals surface area contributed by atoms with Crippen LogP contribution in [0, 0.1) is 24.0 Å². The molecule has 0 aliphatic rings. The Bertz CT molecular complexity index is 792.